The highest BCUT2D eigenvalue weighted by molar-refractivity contribution is 5.69. The van der Waals surface area contributed by atoms with E-state index in [2.05, 4.69) is 21.9 Å². The first-order chi connectivity index (χ1) is 10.1. The molecule has 1 aliphatic rings. The number of carbonyl (C=O) groups excluding carboxylic acids is 1. The third-order valence-electron chi connectivity index (χ3n) is 3.56. The Morgan fingerprint density at radius 1 is 1.33 bits per heavy atom. The van der Waals surface area contributed by atoms with Crippen LogP contribution in [0.2, 0.25) is 0 Å². The lowest BCUT2D eigenvalue weighted by Gasteiger charge is -2.33. The average Bonchev–Trinajstić information content (AvgIpc) is 2.47. The van der Waals surface area contributed by atoms with Crippen molar-refractivity contribution < 1.29 is 9.53 Å². The van der Waals surface area contributed by atoms with Crippen LogP contribution in [-0.4, -0.2) is 60.5 Å². The maximum absolute atomic E-state index is 12.0. The van der Waals surface area contributed by atoms with Gasteiger partial charge in [-0.25, -0.2) is 4.68 Å². The van der Waals surface area contributed by atoms with E-state index >= 15 is 0 Å². The van der Waals surface area contributed by atoms with Gasteiger partial charge in [-0.3, -0.25) is 9.59 Å². The molecule has 0 amide bonds. The lowest BCUT2D eigenvalue weighted by Crippen LogP contribution is -2.45. The third-order valence-corrected chi connectivity index (χ3v) is 3.56. The predicted molar refractivity (Wildman–Crippen MR) is 79.5 cm³/mol. The molecule has 0 N–H and O–H groups in total. The smallest absolute Gasteiger partial charge is 0.307 e. The van der Waals surface area contributed by atoms with E-state index < -0.39 is 0 Å². The van der Waals surface area contributed by atoms with Gasteiger partial charge in [0.25, 0.3) is 5.56 Å². The van der Waals surface area contributed by atoms with Crippen molar-refractivity contribution in [2.45, 2.75) is 19.9 Å². The summed E-state index contributed by atoms with van der Waals surface area (Å²) in [6, 6.07) is 1.59. The number of esters is 1. The minimum absolute atomic E-state index is 0.161. The lowest BCUT2D eigenvalue weighted by molar-refractivity contribution is -0.143. The van der Waals surface area contributed by atoms with E-state index in [1.54, 1.807) is 19.2 Å². The average molecular weight is 294 g/mol. The van der Waals surface area contributed by atoms with E-state index in [4.69, 9.17) is 4.74 Å². The molecule has 0 spiro atoms. The van der Waals surface area contributed by atoms with Crippen LogP contribution in [0, 0.1) is 0 Å². The van der Waals surface area contributed by atoms with Gasteiger partial charge in [0.15, 0.2) is 0 Å². The Balaban J connectivity index is 1.97. The second-order valence-electron chi connectivity index (χ2n) is 5.12. The second kappa shape index (κ2) is 7.21. The fourth-order valence-corrected chi connectivity index (χ4v) is 2.26. The van der Waals surface area contributed by atoms with Crippen molar-refractivity contribution in [1.29, 1.82) is 0 Å². The number of hydrogen-bond donors (Lipinski definition) is 0. The summed E-state index contributed by atoms with van der Waals surface area (Å²) in [5.74, 6) is -0.311. The number of hydrogen-bond acceptors (Lipinski definition) is 6. The molecule has 1 aromatic heterocycles. The number of nitrogens with zero attached hydrogens (tertiary/aromatic N) is 4. The zero-order valence-corrected chi connectivity index (χ0v) is 12.6. The number of aromatic nitrogens is 2. The summed E-state index contributed by atoms with van der Waals surface area (Å²) < 4.78 is 6.14. The fraction of sp³-hybridized carbons (Fsp3) is 0.643. The molecule has 21 heavy (non-hydrogen) atoms. The quantitative estimate of drug-likeness (QED) is 0.709. The van der Waals surface area contributed by atoms with Crippen LogP contribution in [0.15, 0.2) is 17.1 Å². The molecule has 2 rings (SSSR count). The summed E-state index contributed by atoms with van der Waals surface area (Å²) in [4.78, 5) is 27.7. The minimum Gasteiger partial charge on any atom is -0.466 e. The van der Waals surface area contributed by atoms with E-state index in [0.717, 1.165) is 31.9 Å². The van der Waals surface area contributed by atoms with E-state index in [-0.39, 0.29) is 24.5 Å². The van der Waals surface area contributed by atoms with Crippen molar-refractivity contribution in [2.24, 2.45) is 0 Å². The van der Waals surface area contributed by atoms with E-state index in [1.165, 1.54) is 4.68 Å². The molecule has 0 atom stereocenters. The highest BCUT2D eigenvalue weighted by atomic mass is 16.5. The largest absolute Gasteiger partial charge is 0.466 e. The molecule has 116 valence electrons. The van der Waals surface area contributed by atoms with Crippen molar-refractivity contribution in [3.05, 3.63) is 22.6 Å². The Morgan fingerprint density at radius 2 is 2.05 bits per heavy atom. The number of rotatable bonds is 5. The molecule has 2 heterocycles. The van der Waals surface area contributed by atoms with E-state index in [9.17, 15) is 9.59 Å². The van der Waals surface area contributed by atoms with Gasteiger partial charge in [-0.05, 0) is 14.0 Å². The van der Waals surface area contributed by atoms with Crippen molar-refractivity contribution in [3.63, 3.8) is 0 Å². The SMILES string of the molecule is CCOC(=O)CCn1ncc(N2CCN(C)CC2)cc1=O. The van der Waals surface area contributed by atoms with Gasteiger partial charge in [-0.15, -0.1) is 0 Å². The zero-order valence-electron chi connectivity index (χ0n) is 12.6. The molecule has 0 aliphatic carbocycles. The van der Waals surface area contributed by atoms with Crippen LogP contribution in [0.3, 0.4) is 0 Å². The van der Waals surface area contributed by atoms with Gasteiger partial charge in [0.1, 0.15) is 0 Å². The number of anilines is 1. The number of piperazine rings is 1. The molecule has 7 nitrogen and oxygen atoms in total. The van der Waals surface area contributed by atoms with Crippen LogP contribution in [0.25, 0.3) is 0 Å². The zero-order chi connectivity index (χ0) is 15.2. The lowest BCUT2D eigenvalue weighted by atomic mass is 10.3. The number of ether oxygens (including phenoxy) is 1. The van der Waals surface area contributed by atoms with Gasteiger partial charge in [0.05, 0.1) is 31.5 Å². The van der Waals surface area contributed by atoms with Crippen LogP contribution in [-0.2, 0) is 16.1 Å². The normalized spacial score (nSPS) is 16.0. The van der Waals surface area contributed by atoms with Gasteiger partial charge in [-0.1, -0.05) is 0 Å². The molecule has 1 fully saturated rings. The molecule has 1 aliphatic heterocycles. The van der Waals surface area contributed by atoms with E-state index in [1.807, 2.05) is 0 Å². The summed E-state index contributed by atoms with van der Waals surface area (Å²) in [7, 11) is 2.09. The van der Waals surface area contributed by atoms with Crippen molar-refractivity contribution in [2.75, 3.05) is 44.7 Å². The fourth-order valence-electron chi connectivity index (χ4n) is 2.26. The monoisotopic (exact) mass is 294 g/mol. The Hall–Kier alpha value is -1.89. The number of likely N-dealkylation sites (N-methyl/N-ethyl adjacent to an activating group) is 1. The molecule has 0 radical (unpaired) electrons. The topological polar surface area (TPSA) is 67.7 Å². The predicted octanol–water partition coefficient (Wildman–Crippen LogP) is -0.0517. The Bertz CT molecular complexity index is 535. The third kappa shape index (κ3) is 4.29. The first kappa shape index (κ1) is 15.5. The highest BCUT2D eigenvalue weighted by Crippen LogP contribution is 2.12. The van der Waals surface area contributed by atoms with Crippen LogP contribution in [0.1, 0.15) is 13.3 Å². The Labute approximate surface area is 124 Å². The highest BCUT2D eigenvalue weighted by Gasteiger charge is 2.15. The van der Waals surface area contributed by atoms with Gasteiger partial charge in [-0.2, -0.15) is 5.10 Å². The molecular weight excluding hydrogens is 272 g/mol. The number of carbonyl (C=O) groups is 1. The summed E-state index contributed by atoms with van der Waals surface area (Å²) in [5, 5.41) is 4.15. The first-order valence-electron chi connectivity index (χ1n) is 7.26. The molecule has 0 bridgehead atoms. The molecule has 1 aromatic rings. The molecular formula is C14H22N4O3. The van der Waals surface area contributed by atoms with Gasteiger partial charge < -0.3 is 14.5 Å². The summed E-state index contributed by atoms with van der Waals surface area (Å²) in [6.45, 7) is 6.10. The summed E-state index contributed by atoms with van der Waals surface area (Å²) in [5.41, 5.74) is 0.663. The minimum atomic E-state index is -0.311. The first-order valence-corrected chi connectivity index (χ1v) is 7.26. The van der Waals surface area contributed by atoms with Crippen molar-refractivity contribution >= 4 is 11.7 Å². The van der Waals surface area contributed by atoms with Gasteiger partial charge in [0, 0.05) is 32.2 Å². The van der Waals surface area contributed by atoms with Crippen LogP contribution in [0.4, 0.5) is 5.69 Å². The van der Waals surface area contributed by atoms with Crippen LogP contribution in [0.5, 0.6) is 0 Å². The Morgan fingerprint density at radius 3 is 2.67 bits per heavy atom. The van der Waals surface area contributed by atoms with Crippen LogP contribution < -0.4 is 10.5 Å². The molecule has 0 saturated carbocycles. The van der Waals surface area contributed by atoms with Crippen molar-refractivity contribution in [3.8, 4) is 0 Å². The summed E-state index contributed by atoms with van der Waals surface area (Å²) in [6.07, 6.45) is 1.85. The second-order valence-corrected chi connectivity index (χ2v) is 5.12. The molecule has 0 unspecified atom stereocenters. The van der Waals surface area contributed by atoms with Crippen LogP contribution >= 0.6 is 0 Å². The maximum atomic E-state index is 12.0. The molecule has 7 heteroatoms. The van der Waals surface area contributed by atoms with Gasteiger partial charge >= 0.3 is 5.97 Å². The molecule has 0 aromatic carbocycles. The summed E-state index contributed by atoms with van der Waals surface area (Å²) >= 11 is 0. The van der Waals surface area contributed by atoms with Crippen molar-refractivity contribution in [1.82, 2.24) is 14.7 Å². The standard InChI is InChI=1S/C14H22N4O3/c1-3-21-14(20)4-5-18-13(19)10-12(11-15-18)17-8-6-16(2)7-9-17/h10-11H,3-9H2,1-2H3. The molecule has 1 saturated heterocycles. The van der Waals surface area contributed by atoms with E-state index in [0.29, 0.717) is 6.61 Å². The Kier molecular flexibility index (Phi) is 5.32. The number of aryl methyl sites for hydroxylation is 1. The maximum Gasteiger partial charge on any atom is 0.307 e. The van der Waals surface area contributed by atoms with Gasteiger partial charge in [0.2, 0.25) is 0 Å².